The predicted molar refractivity (Wildman–Crippen MR) is 98.7 cm³/mol. The maximum atomic E-state index is 13.0. The second-order valence-corrected chi connectivity index (χ2v) is 6.59. The third kappa shape index (κ3) is 4.12. The van der Waals surface area contributed by atoms with Gasteiger partial charge in [0.15, 0.2) is 0 Å². The number of pyridine rings is 1. The summed E-state index contributed by atoms with van der Waals surface area (Å²) in [6.07, 6.45) is 3.87. The van der Waals surface area contributed by atoms with Gasteiger partial charge >= 0.3 is 0 Å². The van der Waals surface area contributed by atoms with Crippen molar-refractivity contribution in [1.29, 1.82) is 0 Å². The highest BCUT2D eigenvalue weighted by Gasteiger charge is 2.32. The molecule has 0 fully saturated rings. The molecule has 8 nitrogen and oxygen atoms in total. The Morgan fingerprint density at radius 1 is 1.41 bits per heavy atom. The first-order valence-electron chi connectivity index (χ1n) is 9.04. The Morgan fingerprint density at radius 2 is 2.22 bits per heavy atom. The SMILES string of the molecule is COCCn1nc2c(c1C(=O)NCc1ccncc1OC)C[C@H](C)O[C@@H]2C. The smallest absolute Gasteiger partial charge is 0.270 e. The van der Waals surface area contributed by atoms with Crippen molar-refractivity contribution in [3.63, 3.8) is 0 Å². The molecule has 0 unspecified atom stereocenters. The molecule has 1 aliphatic heterocycles. The lowest BCUT2D eigenvalue weighted by molar-refractivity contribution is -0.00716. The van der Waals surface area contributed by atoms with Crippen molar-refractivity contribution in [3.8, 4) is 5.75 Å². The number of ether oxygens (including phenoxy) is 3. The second kappa shape index (κ2) is 8.49. The van der Waals surface area contributed by atoms with Crippen LogP contribution in [0.25, 0.3) is 0 Å². The van der Waals surface area contributed by atoms with Gasteiger partial charge in [-0.1, -0.05) is 0 Å². The van der Waals surface area contributed by atoms with Crippen LogP contribution < -0.4 is 10.1 Å². The first-order valence-corrected chi connectivity index (χ1v) is 9.04. The molecule has 1 amide bonds. The van der Waals surface area contributed by atoms with Gasteiger partial charge in [0.1, 0.15) is 11.4 Å². The first kappa shape index (κ1) is 19.3. The van der Waals surface area contributed by atoms with E-state index < -0.39 is 0 Å². The minimum Gasteiger partial charge on any atom is -0.495 e. The molecule has 1 N–H and O–H groups in total. The van der Waals surface area contributed by atoms with E-state index in [1.807, 2.05) is 19.9 Å². The normalized spacial score (nSPS) is 18.8. The third-order valence-corrected chi connectivity index (χ3v) is 4.65. The monoisotopic (exact) mass is 374 g/mol. The van der Waals surface area contributed by atoms with Crippen LogP contribution in [0, 0.1) is 0 Å². The molecule has 2 atom stereocenters. The fraction of sp³-hybridized carbons (Fsp3) is 0.526. The lowest BCUT2D eigenvalue weighted by Gasteiger charge is -2.24. The van der Waals surface area contributed by atoms with Gasteiger partial charge in [-0.3, -0.25) is 14.5 Å². The standard InChI is InChI=1S/C19H26N4O4/c1-12-9-15-17(13(2)27-12)22-23(7-8-25-3)18(15)19(24)21-10-14-5-6-20-11-16(14)26-4/h5-6,11-13H,7-10H2,1-4H3,(H,21,24)/t12-,13+/m0/s1. The summed E-state index contributed by atoms with van der Waals surface area (Å²) in [6.45, 7) is 5.30. The van der Waals surface area contributed by atoms with E-state index in [1.54, 1.807) is 31.3 Å². The van der Waals surface area contributed by atoms with E-state index >= 15 is 0 Å². The minimum atomic E-state index is -0.167. The summed E-state index contributed by atoms with van der Waals surface area (Å²) in [7, 11) is 3.22. The van der Waals surface area contributed by atoms with Gasteiger partial charge in [-0.2, -0.15) is 5.10 Å². The van der Waals surface area contributed by atoms with E-state index in [2.05, 4.69) is 15.4 Å². The zero-order valence-electron chi connectivity index (χ0n) is 16.2. The van der Waals surface area contributed by atoms with Crippen molar-refractivity contribution in [2.45, 2.75) is 45.6 Å². The molecule has 1 aliphatic rings. The van der Waals surface area contributed by atoms with Crippen molar-refractivity contribution < 1.29 is 19.0 Å². The fourth-order valence-corrected chi connectivity index (χ4v) is 3.39. The van der Waals surface area contributed by atoms with Crippen molar-refractivity contribution in [3.05, 3.63) is 41.0 Å². The van der Waals surface area contributed by atoms with Crippen LogP contribution in [0.3, 0.4) is 0 Å². The van der Waals surface area contributed by atoms with Crippen LogP contribution in [-0.2, 0) is 29.0 Å². The van der Waals surface area contributed by atoms with Gasteiger partial charge in [-0.25, -0.2) is 0 Å². The number of hydrogen-bond acceptors (Lipinski definition) is 6. The number of nitrogens with one attached hydrogen (secondary N) is 1. The molecule has 2 aromatic heterocycles. The molecule has 0 radical (unpaired) electrons. The highest BCUT2D eigenvalue weighted by molar-refractivity contribution is 5.94. The van der Waals surface area contributed by atoms with Gasteiger partial charge in [0.05, 0.1) is 44.4 Å². The molecule has 27 heavy (non-hydrogen) atoms. The molecule has 0 saturated carbocycles. The number of amides is 1. The second-order valence-electron chi connectivity index (χ2n) is 6.59. The van der Waals surface area contributed by atoms with Gasteiger partial charge < -0.3 is 19.5 Å². The molecular weight excluding hydrogens is 348 g/mol. The summed E-state index contributed by atoms with van der Waals surface area (Å²) < 4.78 is 18.1. The summed E-state index contributed by atoms with van der Waals surface area (Å²) in [5, 5.41) is 7.61. The Kier molecular flexibility index (Phi) is 6.08. The molecule has 146 valence electrons. The van der Waals surface area contributed by atoms with Gasteiger partial charge in [-0.05, 0) is 19.9 Å². The number of aromatic nitrogens is 3. The van der Waals surface area contributed by atoms with Crippen molar-refractivity contribution >= 4 is 5.91 Å². The summed E-state index contributed by atoms with van der Waals surface area (Å²) in [5.74, 6) is 0.475. The Labute approximate surface area is 158 Å². The first-order chi connectivity index (χ1) is 13.0. The molecule has 0 saturated heterocycles. The summed E-state index contributed by atoms with van der Waals surface area (Å²) in [6, 6.07) is 1.83. The summed E-state index contributed by atoms with van der Waals surface area (Å²) >= 11 is 0. The Hall–Kier alpha value is -2.45. The number of nitrogens with zero attached hydrogens (tertiary/aromatic N) is 3. The van der Waals surface area contributed by atoms with Gasteiger partial charge in [-0.15, -0.1) is 0 Å². The number of hydrogen-bond donors (Lipinski definition) is 1. The maximum absolute atomic E-state index is 13.0. The van der Waals surface area contributed by atoms with E-state index in [9.17, 15) is 4.79 Å². The molecule has 2 aromatic rings. The summed E-state index contributed by atoms with van der Waals surface area (Å²) in [5.41, 5.74) is 3.23. The minimum absolute atomic E-state index is 0.0411. The topological polar surface area (TPSA) is 87.5 Å². The molecule has 0 aliphatic carbocycles. The number of methoxy groups -OCH3 is 2. The molecular formula is C19H26N4O4. The van der Waals surface area contributed by atoms with Crippen LogP contribution in [-0.4, -0.2) is 47.6 Å². The number of carbonyl (C=O) groups is 1. The van der Waals surface area contributed by atoms with Crippen molar-refractivity contribution in [2.75, 3.05) is 20.8 Å². The van der Waals surface area contributed by atoms with Gasteiger partial charge in [0.25, 0.3) is 5.91 Å². The Bertz CT molecular complexity index is 805. The number of fused-ring (bicyclic) bond motifs is 1. The predicted octanol–water partition coefficient (Wildman–Crippen LogP) is 1.89. The highest BCUT2D eigenvalue weighted by atomic mass is 16.5. The Morgan fingerprint density at radius 3 is 2.96 bits per heavy atom. The largest absolute Gasteiger partial charge is 0.495 e. The van der Waals surface area contributed by atoms with E-state index in [0.717, 1.165) is 16.8 Å². The molecule has 3 heterocycles. The van der Waals surface area contributed by atoms with Crippen LogP contribution in [0.4, 0.5) is 0 Å². The van der Waals surface area contributed by atoms with E-state index in [-0.39, 0.29) is 18.1 Å². The average Bonchev–Trinajstić information content (AvgIpc) is 3.03. The molecule has 0 aromatic carbocycles. The zero-order chi connectivity index (χ0) is 19.4. The quantitative estimate of drug-likeness (QED) is 0.796. The van der Waals surface area contributed by atoms with Crippen molar-refractivity contribution in [1.82, 2.24) is 20.1 Å². The molecule has 0 bridgehead atoms. The highest BCUT2D eigenvalue weighted by Crippen LogP contribution is 2.31. The van der Waals surface area contributed by atoms with Gasteiger partial charge in [0.2, 0.25) is 0 Å². The fourth-order valence-electron chi connectivity index (χ4n) is 3.39. The lowest BCUT2D eigenvalue weighted by atomic mass is 9.99. The van der Waals surface area contributed by atoms with Crippen LogP contribution in [0.15, 0.2) is 18.5 Å². The van der Waals surface area contributed by atoms with Crippen molar-refractivity contribution in [2.24, 2.45) is 0 Å². The third-order valence-electron chi connectivity index (χ3n) is 4.65. The molecule has 8 heteroatoms. The number of carbonyl (C=O) groups excluding carboxylic acids is 1. The zero-order valence-corrected chi connectivity index (χ0v) is 16.2. The average molecular weight is 374 g/mol. The lowest BCUT2D eigenvalue weighted by Crippen LogP contribution is -2.29. The van der Waals surface area contributed by atoms with Gasteiger partial charge in [0, 0.05) is 37.4 Å². The van der Waals surface area contributed by atoms with E-state index in [4.69, 9.17) is 14.2 Å². The maximum Gasteiger partial charge on any atom is 0.270 e. The van der Waals surface area contributed by atoms with Crippen LogP contribution in [0.5, 0.6) is 5.75 Å². The van der Waals surface area contributed by atoms with Crippen LogP contribution >= 0.6 is 0 Å². The molecule has 3 rings (SSSR count). The van der Waals surface area contributed by atoms with Crippen LogP contribution in [0.1, 0.15) is 47.3 Å². The summed E-state index contributed by atoms with van der Waals surface area (Å²) in [4.78, 5) is 17.1. The van der Waals surface area contributed by atoms with E-state index in [0.29, 0.717) is 37.6 Å². The number of rotatable bonds is 7. The van der Waals surface area contributed by atoms with Crippen LogP contribution in [0.2, 0.25) is 0 Å². The van der Waals surface area contributed by atoms with E-state index in [1.165, 1.54) is 0 Å². The molecule has 0 spiro atoms. The Balaban J connectivity index is 1.86.